The maximum absolute atomic E-state index is 12.0. The summed E-state index contributed by atoms with van der Waals surface area (Å²) in [5.74, 6) is -1.01. The zero-order valence-electron chi connectivity index (χ0n) is 14.2. The van der Waals surface area contributed by atoms with E-state index in [0.29, 0.717) is 5.02 Å². The Balaban J connectivity index is 1.49. The molecule has 0 bridgehead atoms. The number of hydrogen-bond acceptors (Lipinski definition) is 3. The summed E-state index contributed by atoms with van der Waals surface area (Å²) in [6, 6.07) is 18.8. The van der Waals surface area contributed by atoms with E-state index in [4.69, 9.17) is 11.6 Å². The molecule has 0 aliphatic carbocycles. The molecule has 27 heavy (non-hydrogen) atoms. The van der Waals surface area contributed by atoms with Gasteiger partial charge in [0.15, 0.2) is 0 Å². The van der Waals surface area contributed by atoms with E-state index in [1.165, 1.54) is 12.1 Å². The van der Waals surface area contributed by atoms with Crippen molar-refractivity contribution in [1.29, 1.82) is 0 Å². The van der Waals surface area contributed by atoms with Crippen molar-refractivity contribution in [2.75, 3.05) is 0 Å². The van der Waals surface area contributed by atoms with Gasteiger partial charge >= 0.3 is 6.03 Å². The van der Waals surface area contributed by atoms with Crippen LogP contribution in [0.1, 0.15) is 15.9 Å². The van der Waals surface area contributed by atoms with E-state index in [-0.39, 0.29) is 12.0 Å². The number of hydrogen-bond donors (Lipinski definition) is 3. The maximum Gasteiger partial charge on any atom is 0.340 e. The SMILES string of the molecule is O=C(Cc1ccc2ccccc2c1)NNC(=O)NC(=O)c1ccc(Cl)cc1. The van der Waals surface area contributed by atoms with Crippen LogP contribution in [-0.2, 0) is 11.2 Å². The predicted octanol–water partition coefficient (Wildman–Crippen LogP) is 3.21. The number of amides is 4. The van der Waals surface area contributed by atoms with Crippen molar-refractivity contribution in [3.63, 3.8) is 0 Å². The van der Waals surface area contributed by atoms with Crippen molar-refractivity contribution in [1.82, 2.24) is 16.2 Å². The lowest BCUT2D eigenvalue weighted by molar-refractivity contribution is -0.121. The van der Waals surface area contributed by atoms with E-state index in [9.17, 15) is 14.4 Å². The molecule has 0 fully saturated rings. The molecule has 136 valence electrons. The number of rotatable bonds is 3. The Kier molecular flexibility index (Phi) is 5.68. The van der Waals surface area contributed by atoms with Crippen LogP contribution in [-0.4, -0.2) is 17.8 Å². The first kappa shape index (κ1) is 18.4. The Hall–Kier alpha value is -3.38. The second-order valence-corrected chi connectivity index (χ2v) is 6.26. The number of fused-ring (bicyclic) bond motifs is 1. The monoisotopic (exact) mass is 381 g/mol. The molecular weight excluding hydrogens is 366 g/mol. The van der Waals surface area contributed by atoms with Crippen molar-refractivity contribution in [2.45, 2.75) is 6.42 Å². The summed E-state index contributed by atoms with van der Waals surface area (Å²) in [5.41, 5.74) is 5.51. The molecule has 0 unspecified atom stereocenters. The van der Waals surface area contributed by atoms with Gasteiger partial charge in [0.1, 0.15) is 0 Å². The third-order valence-electron chi connectivity index (χ3n) is 3.83. The first-order valence-corrected chi connectivity index (χ1v) is 8.52. The van der Waals surface area contributed by atoms with Crippen LogP contribution in [0.3, 0.4) is 0 Å². The van der Waals surface area contributed by atoms with Crippen LogP contribution in [0.5, 0.6) is 0 Å². The van der Waals surface area contributed by atoms with Crippen molar-refractivity contribution >= 4 is 40.2 Å². The minimum absolute atomic E-state index is 0.0935. The lowest BCUT2D eigenvalue weighted by Crippen LogP contribution is -2.49. The van der Waals surface area contributed by atoms with Crippen LogP contribution in [0.15, 0.2) is 66.7 Å². The highest BCUT2D eigenvalue weighted by Crippen LogP contribution is 2.15. The van der Waals surface area contributed by atoms with E-state index in [0.717, 1.165) is 16.3 Å². The van der Waals surface area contributed by atoms with Crippen LogP contribution >= 0.6 is 11.6 Å². The molecule has 7 heteroatoms. The molecule has 0 saturated carbocycles. The predicted molar refractivity (Wildman–Crippen MR) is 103 cm³/mol. The molecular formula is C20H16ClN3O3. The summed E-state index contributed by atoms with van der Waals surface area (Å²) in [6.45, 7) is 0. The summed E-state index contributed by atoms with van der Waals surface area (Å²) in [7, 11) is 0. The molecule has 0 aliphatic rings. The first-order chi connectivity index (χ1) is 13.0. The van der Waals surface area contributed by atoms with Gasteiger partial charge in [-0.15, -0.1) is 0 Å². The Morgan fingerprint density at radius 3 is 2.26 bits per heavy atom. The molecule has 3 N–H and O–H groups in total. The average Bonchev–Trinajstić information content (AvgIpc) is 2.67. The molecule has 0 aromatic heterocycles. The van der Waals surface area contributed by atoms with Crippen molar-refractivity contribution in [3.05, 3.63) is 82.9 Å². The fraction of sp³-hybridized carbons (Fsp3) is 0.0500. The smallest absolute Gasteiger partial charge is 0.273 e. The fourth-order valence-electron chi connectivity index (χ4n) is 2.51. The van der Waals surface area contributed by atoms with Gasteiger partial charge in [-0.2, -0.15) is 0 Å². The molecule has 0 heterocycles. The lowest BCUT2D eigenvalue weighted by Gasteiger charge is -2.09. The zero-order chi connectivity index (χ0) is 19.2. The van der Waals surface area contributed by atoms with Gasteiger partial charge in [0, 0.05) is 10.6 Å². The number of imide groups is 1. The van der Waals surface area contributed by atoms with Crippen LogP contribution < -0.4 is 16.2 Å². The van der Waals surface area contributed by atoms with Gasteiger partial charge in [-0.3, -0.25) is 20.3 Å². The number of halogens is 1. The van der Waals surface area contributed by atoms with Crippen molar-refractivity contribution in [2.24, 2.45) is 0 Å². The number of urea groups is 1. The quantitative estimate of drug-likeness (QED) is 0.609. The molecule has 6 nitrogen and oxygen atoms in total. The summed E-state index contributed by atoms with van der Waals surface area (Å²) >= 11 is 5.75. The summed E-state index contributed by atoms with van der Waals surface area (Å²) in [4.78, 5) is 35.6. The summed E-state index contributed by atoms with van der Waals surface area (Å²) in [6.07, 6.45) is 0.0935. The molecule has 0 radical (unpaired) electrons. The normalized spacial score (nSPS) is 10.3. The topological polar surface area (TPSA) is 87.3 Å². The molecule has 0 aliphatic heterocycles. The Labute approximate surface area is 160 Å². The summed E-state index contributed by atoms with van der Waals surface area (Å²) < 4.78 is 0. The van der Waals surface area contributed by atoms with Gasteiger partial charge in [-0.05, 0) is 40.6 Å². The van der Waals surface area contributed by atoms with Crippen LogP contribution in [0.25, 0.3) is 10.8 Å². The minimum atomic E-state index is -0.832. The van der Waals surface area contributed by atoms with Gasteiger partial charge < -0.3 is 0 Å². The molecule has 0 atom stereocenters. The highest BCUT2D eigenvalue weighted by molar-refractivity contribution is 6.30. The molecule has 0 saturated heterocycles. The molecule has 3 aromatic carbocycles. The second-order valence-electron chi connectivity index (χ2n) is 5.82. The van der Waals surface area contributed by atoms with Crippen LogP contribution in [0.4, 0.5) is 4.79 Å². The Morgan fingerprint density at radius 1 is 0.815 bits per heavy atom. The largest absolute Gasteiger partial charge is 0.340 e. The molecule has 4 amide bonds. The number of hydrazine groups is 1. The number of carbonyl (C=O) groups excluding carboxylic acids is 3. The summed E-state index contributed by atoms with van der Waals surface area (Å²) in [5, 5.41) is 4.71. The van der Waals surface area contributed by atoms with Crippen molar-refractivity contribution in [3.8, 4) is 0 Å². The standard InChI is InChI=1S/C20H16ClN3O3/c21-17-9-7-15(8-10-17)19(26)22-20(27)24-23-18(25)12-13-5-6-14-3-1-2-4-16(14)11-13/h1-11H,12H2,(H,23,25)(H2,22,24,26,27). The number of benzene rings is 3. The first-order valence-electron chi connectivity index (χ1n) is 8.15. The molecule has 3 rings (SSSR count). The van der Waals surface area contributed by atoms with Gasteiger partial charge in [0.2, 0.25) is 5.91 Å². The molecule has 3 aromatic rings. The van der Waals surface area contributed by atoms with Gasteiger partial charge in [0.05, 0.1) is 6.42 Å². The lowest BCUT2D eigenvalue weighted by atomic mass is 10.1. The van der Waals surface area contributed by atoms with Gasteiger partial charge in [0.25, 0.3) is 5.91 Å². The Morgan fingerprint density at radius 2 is 1.52 bits per heavy atom. The van der Waals surface area contributed by atoms with E-state index >= 15 is 0 Å². The van der Waals surface area contributed by atoms with Crippen LogP contribution in [0.2, 0.25) is 5.02 Å². The van der Waals surface area contributed by atoms with E-state index in [2.05, 4.69) is 16.2 Å². The number of carbonyl (C=O) groups is 3. The third-order valence-corrected chi connectivity index (χ3v) is 4.08. The van der Waals surface area contributed by atoms with Crippen LogP contribution in [0, 0.1) is 0 Å². The second kappa shape index (κ2) is 8.33. The molecule has 0 spiro atoms. The average molecular weight is 382 g/mol. The zero-order valence-corrected chi connectivity index (χ0v) is 14.9. The fourth-order valence-corrected chi connectivity index (χ4v) is 2.64. The van der Waals surface area contributed by atoms with Gasteiger partial charge in [-0.25, -0.2) is 10.2 Å². The minimum Gasteiger partial charge on any atom is -0.273 e. The van der Waals surface area contributed by atoms with Crippen molar-refractivity contribution < 1.29 is 14.4 Å². The number of nitrogens with one attached hydrogen (secondary N) is 3. The van der Waals surface area contributed by atoms with E-state index < -0.39 is 17.8 Å². The highest BCUT2D eigenvalue weighted by Gasteiger charge is 2.11. The van der Waals surface area contributed by atoms with Gasteiger partial charge in [-0.1, -0.05) is 54.1 Å². The maximum atomic E-state index is 12.0. The highest BCUT2D eigenvalue weighted by atomic mass is 35.5. The Bertz CT molecular complexity index is 1000. The van der Waals surface area contributed by atoms with E-state index in [1.807, 2.05) is 42.5 Å². The van der Waals surface area contributed by atoms with E-state index in [1.54, 1.807) is 12.1 Å². The third kappa shape index (κ3) is 5.05.